The van der Waals surface area contributed by atoms with Crippen molar-refractivity contribution in [3.05, 3.63) is 30.1 Å². The van der Waals surface area contributed by atoms with Crippen LogP contribution in [0, 0.1) is 5.82 Å². The zero-order valence-electron chi connectivity index (χ0n) is 15.4. The van der Waals surface area contributed by atoms with Crippen LogP contribution < -0.4 is 15.5 Å². The number of piperidine rings is 1. The number of benzene rings is 1. The van der Waals surface area contributed by atoms with Gasteiger partial charge in [-0.1, -0.05) is 6.07 Å². The van der Waals surface area contributed by atoms with Crippen LogP contribution in [0.1, 0.15) is 32.6 Å². The third-order valence-electron chi connectivity index (χ3n) is 4.31. The van der Waals surface area contributed by atoms with Crippen LogP contribution in [-0.4, -0.2) is 50.2 Å². The molecule has 1 fully saturated rings. The molecule has 140 valence electrons. The van der Waals surface area contributed by atoms with Gasteiger partial charge in [0.2, 0.25) is 0 Å². The summed E-state index contributed by atoms with van der Waals surface area (Å²) < 4.78 is 13.5. The number of halogens is 1. The smallest absolute Gasteiger partial charge is 0.191 e. The van der Waals surface area contributed by atoms with Gasteiger partial charge < -0.3 is 15.5 Å². The van der Waals surface area contributed by atoms with E-state index in [0.29, 0.717) is 6.04 Å². The first-order chi connectivity index (χ1) is 12.2. The van der Waals surface area contributed by atoms with E-state index in [1.165, 1.54) is 18.2 Å². The molecule has 0 bridgehead atoms. The van der Waals surface area contributed by atoms with Crippen LogP contribution in [0.2, 0.25) is 0 Å². The molecule has 0 spiro atoms. The molecule has 1 atom stereocenters. The van der Waals surface area contributed by atoms with Gasteiger partial charge in [-0.05, 0) is 62.8 Å². The number of thioether (sulfide) groups is 1. The first-order valence-corrected chi connectivity index (χ1v) is 10.7. The van der Waals surface area contributed by atoms with Crippen LogP contribution in [0.4, 0.5) is 10.1 Å². The minimum absolute atomic E-state index is 0.173. The largest absolute Gasteiger partial charge is 0.369 e. The Balaban J connectivity index is 1.88. The molecule has 2 rings (SSSR count). The molecule has 0 saturated carbocycles. The average Bonchev–Trinajstić information content (AvgIpc) is 2.62. The molecule has 1 aliphatic heterocycles. The average molecular weight is 367 g/mol. The first kappa shape index (κ1) is 19.9. The quantitative estimate of drug-likeness (QED) is 0.420. The highest BCUT2D eigenvalue weighted by atomic mass is 32.2. The summed E-state index contributed by atoms with van der Waals surface area (Å²) in [5.74, 6) is 1.93. The Morgan fingerprint density at radius 1 is 1.40 bits per heavy atom. The number of rotatable bonds is 8. The number of anilines is 1. The van der Waals surface area contributed by atoms with E-state index in [4.69, 9.17) is 4.99 Å². The molecule has 25 heavy (non-hydrogen) atoms. The van der Waals surface area contributed by atoms with Gasteiger partial charge in [-0.15, -0.1) is 0 Å². The van der Waals surface area contributed by atoms with Gasteiger partial charge in [0, 0.05) is 37.9 Å². The molecule has 4 nitrogen and oxygen atoms in total. The summed E-state index contributed by atoms with van der Waals surface area (Å²) in [7, 11) is 0. The van der Waals surface area contributed by atoms with Crippen LogP contribution in [-0.2, 0) is 0 Å². The lowest BCUT2D eigenvalue weighted by atomic mass is 10.0. The Morgan fingerprint density at radius 2 is 2.28 bits per heavy atom. The van der Waals surface area contributed by atoms with E-state index in [1.54, 1.807) is 12.1 Å². The topological polar surface area (TPSA) is 39.7 Å². The summed E-state index contributed by atoms with van der Waals surface area (Å²) in [6, 6.07) is 7.21. The highest BCUT2D eigenvalue weighted by Gasteiger charge is 2.21. The van der Waals surface area contributed by atoms with Crippen molar-refractivity contribution < 1.29 is 4.39 Å². The molecule has 2 N–H and O–H groups in total. The van der Waals surface area contributed by atoms with Crippen molar-refractivity contribution in [2.24, 2.45) is 4.99 Å². The number of nitrogens with one attached hydrogen (secondary N) is 2. The Hall–Kier alpha value is -1.43. The fourth-order valence-electron chi connectivity index (χ4n) is 3.06. The summed E-state index contributed by atoms with van der Waals surface area (Å²) in [6.45, 7) is 5.66. The van der Waals surface area contributed by atoms with Gasteiger partial charge in [-0.2, -0.15) is 11.8 Å². The van der Waals surface area contributed by atoms with Gasteiger partial charge in [-0.25, -0.2) is 4.39 Å². The maximum atomic E-state index is 13.5. The zero-order valence-corrected chi connectivity index (χ0v) is 16.2. The van der Waals surface area contributed by atoms with Crippen molar-refractivity contribution >= 4 is 23.4 Å². The zero-order chi connectivity index (χ0) is 17.9. The van der Waals surface area contributed by atoms with Crippen LogP contribution in [0.5, 0.6) is 0 Å². The maximum absolute atomic E-state index is 13.5. The van der Waals surface area contributed by atoms with E-state index in [9.17, 15) is 4.39 Å². The van der Waals surface area contributed by atoms with Gasteiger partial charge in [-0.3, -0.25) is 4.99 Å². The second kappa shape index (κ2) is 11.2. The second-order valence-corrected chi connectivity index (χ2v) is 7.36. The van der Waals surface area contributed by atoms with Crippen molar-refractivity contribution in [1.29, 1.82) is 0 Å². The molecule has 1 saturated heterocycles. The third-order valence-corrected chi connectivity index (χ3v) is 5.00. The minimum Gasteiger partial charge on any atom is -0.369 e. The van der Waals surface area contributed by atoms with E-state index >= 15 is 0 Å². The number of guanidine groups is 1. The molecular formula is C19H31FN4S. The monoisotopic (exact) mass is 366 g/mol. The fraction of sp³-hybridized carbons (Fsp3) is 0.632. The Bertz CT molecular complexity index is 538. The van der Waals surface area contributed by atoms with E-state index in [2.05, 4.69) is 28.7 Å². The van der Waals surface area contributed by atoms with E-state index < -0.39 is 0 Å². The van der Waals surface area contributed by atoms with Gasteiger partial charge in [0.1, 0.15) is 5.82 Å². The molecular weight excluding hydrogens is 335 g/mol. The number of hydrogen-bond donors (Lipinski definition) is 2. The molecule has 0 aromatic heterocycles. The summed E-state index contributed by atoms with van der Waals surface area (Å²) in [6.07, 6.45) is 6.69. The SMILES string of the molecule is CCNC(=NCCCCSC)NC1CCCN(c2cccc(F)c2)C1. The molecule has 1 heterocycles. The van der Waals surface area contributed by atoms with Crippen LogP contribution in [0.3, 0.4) is 0 Å². The maximum Gasteiger partial charge on any atom is 0.191 e. The molecule has 6 heteroatoms. The lowest BCUT2D eigenvalue weighted by Crippen LogP contribution is -2.51. The summed E-state index contributed by atoms with van der Waals surface area (Å²) in [5.41, 5.74) is 0.963. The molecule has 1 aromatic rings. The van der Waals surface area contributed by atoms with E-state index in [-0.39, 0.29) is 5.82 Å². The lowest BCUT2D eigenvalue weighted by Gasteiger charge is -2.35. The van der Waals surface area contributed by atoms with Crippen molar-refractivity contribution in [1.82, 2.24) is 10.6 Å². The Labute approximate surface area is 155 Å². The predicted octanol–water partition coefficient (Wildman–Crippen LogP) is 3.49. The van der Waals surface area contributed by atoms with Gasteiger partial charge in [0.25, 0.3) is 0 Å². The third kappa shape index (κ3) is 7.14. The minimum atomic E-state index is -0.173. The Kier molecular flexibility index (Phi) is 8.94. The highest BCUT2D eigenvalue weighted by molar-refractivity contribution is 7.98. The van der Waals surface area contributed by atoms with Gasteiger partial charge in [0.15, 0.2) is 5.96 Å². The standard InChI is InChI=1S/C19H31FN4S/c1-3-21-19(22-11-4-5-13-25-2)23-17-9-7-12-24(15-17)18-10-6-8-16(20)14-18/h6,8,10,14,17H,3-5,7,9,11-13,15H2,1-2H3,(H2,21,22,23). The number of hydrogen-bond acceptors (Lipinski definition) is 3. The fourth-order valence-corrected chi connectivity index (χ4v) is 3.56. The predicted molar refractivity (Wildman–Crippen MR) is 108 cm³/mol. The number of nitrogens with zero attached hydrogens (tertiary/aromatic N) is 2. The first-order valence-electron chi connectivity index (χ1n) is 9.27. The molecule has 1 unspecified atom stereocenters. The summed E-state index contributed by atoms with van der Waals surface area (Å²) >= 11 is 1.89. The van der Waals surface area contributed by atoms with Gasteiger partial charge >= 0.3 is 0 Å². The number of aliphatic imine (C=N–C) groups is 1. The van der Waals surface area contributed by atoms with Crippen LogP contribution in [0.25, 0.3) is 0 Å². The number of unbranched alkanes of at least 4 members (excludes halogenated alkanes) is 1. The Morgan fingerprint density at radius 3 is 3.04 bits per heavy atom. The second-order valence-electron chi connectivity index (χ2n) is 6.37. The normalized spacial score (nSPS) is 18.3. The van der Waals surface area contributed by atoms with E-state index in [1.807, 2.05) is 17.8 Å². The molecule has 1 aliphatic rings. The van der Waals surface area contributed by atoms with Crippen molar-refractivity contribution in [3.8, 4) is 0 Å². The molecule has 1 aromatic carbocycles. The van der Waals surface area contributed by atoms with Crippen molar-refractivity contribution in [2.75, 3.05) is 43.1 Å². The van der Waals surface area contributed by atoms with Crippen molar-refractivity contribution in [2.45, 2.75) is 38.6 Å². The van der Waals surface area contributed by atoms with Crippen LogP contribution >= 0.6 is 11.8 Å². The van der Waals surface area contributed by atoms with Crippen molar-refractivity contribution in [3.63, 3.8) is 0 Å². The van der Waals surface area contributed by atoms with E-state index in [0.717, 1.165) is 57.1 Å². The molecule has 0 radical (unpaired) electrons. The lowest BCUT2D eigenvalue weighted by molar-refractivity contribution is 0.467. The van der Waals surface area contributed by atoms with Gasteiger partial charge in [0.05, 0.1) is 0 Å². The molecule has 0 amide bonds. The summed E-state index contributed by atoms with van der Waals surface area (Å²) in [4.78, 5) is 6.95. The highest BCUT2D eigenvalue weighted by Crippen LogP contribution is 2.20. The molecule has 0 aliphatic carbocycles. The summed E-state index contributed by atoms with van der Waals surface area (Å²) in [5, 5.41) is 6.90. The van der Waals surface area contributed by atoms with Crippen LogP contribution in [0.15, 0.2) is 29.3 Å².